The van der Waals surface area contributed by atoms with E-state index in [1.54, 1.807) is 9.80 Å². The molecule has 30 heavy (non-hydrogen) atoms. The van der Waals surface area contributed by atoms with E-state index in [0.717, 1.165) is 51.4 Å². The minimum Gasteiger partial charge on any atom is -0.326 e. The lowest BCUT2D eigenvalue weighted by molar-refractivity contribution is -0.131. The predicted octanol–water partition coefficient (Wildman–Crippen LogP) is 1.35. The maximum Gasteiger partial charge on any atom is 0.237 e. The molecule has 2 heterocycles. The van der Waals surface area contributed by atoms with Gasteiger partial charge in [-0.3, -0.25) is 9.59 Å². The van der Waals surface area contributed by atoms with E-state index in [1.165, 1.54) is 0 Å². The summed E-state index contributed by atoms with van der Waals surface area (Å²) in [6.45, 7) is 1.97. The Balaban J connectivity index is 0.00000225. The summed E-state index contributed by atoms with van der Waals surface area (Å²) in [5, 5.41) is 24.9. The molecular formula is C20H32Cl2N6O2. The third-order valence-electron chi connectivity index (χ3n) is 6.26. The maximum absolute atomic E-state index is 12.3. The van der Waals surface area contributed by atoms with Crippen molar-refractivity contribution < 1.29 is 9.59 Å². The SMILES string of the molecule is Cl.Cl.N#C[C@@H]1CCCN1C(=O)CNC1CCC(NCC(=O)N2CCC[C@H]2C#N)CC1. The summed E-state index contributed by atoms with van der Waals surface area (Å²) in [5.41, 5.74) is 0. The van der Waals surface area contributed by atoms with Crippen molar-refractivity contribution in [3.8, 4) is 12.1 Å². The molecule has 168 valence electrons. The number of carbonyl (C=O) groups excluding carboxylic acids is 2. The van der Waals surface area contributed by atoms with Crippen LogP contribution >= 0.6 is 24.8 Å². The topological polar surface area (TPSA) is 112 Å². The van der Waals surface area contributed by atoms with Crippen LogP contribution in [0.25, 0.3) is 0 Å². The second-order valence-electron chi connectivity index (χ2n) is 8.06. The second kappa shape index (κ2) is 13.0. The van der Waals surface area contributed by atoms with E-state index in [9.17, 15) is 9.59 Å². The number of nitriles is 2. The Morgan fingerprint density at radius 3 is 1.43 bits per heavy atom. The summed E-state index contributed by atoms with van der Waals surface area (Å²) in [6, 6.07) is 4.51. The minimum absolute atomic E-state index is 0. The largest absolute Gasteiger partial charge is 0.326 e. The number of nitrogens with one attached hydrogen (secondary N) is 2. The maximum atomic E-state index is 12.3. The molecule has 10 heteroatoms. The Hall–Kier alpha value is -1.58. The minimum atomic E-state index is -0.261. The van der Waals surface area contributed by atoms with Crippen LogP contribution in [0.1, 0.15) is 51.4 Å². The van der Waals surface area contributed by atoms with Gasteiger partial charge in [-0.15, -0.1) is 24.8 Å². The van der Waals surface area contributed by atoms with E-state index in [4.69, 9.17) is 10.5 Å². The molecule has 0 bridgehead atoms. The Morgan fingerprint density at radius 2 is 1.10 bits per heavy atom. The summed E-state index contributed by atoms with van der Waals surface area (Å²) in [6.07, 6.45) is 7.24. The van der Waals surface area contributed by atoms with Crippen LogP contribution in [0, 0.1) is 22.7 Å². The predicted molar refractivity (Wildman–Crippen MR) is 117 cm³/mol. The molecule has 0 aromatic carbocycles. The zero-order valence-corrected chi connectivity index (χ0v) is 18.8. The number of amides is 2. The molecule has 0 aromatic rings. The third kappa shape index (κ3) is 6.72. The van der Waals surface area contributed by atoms with Crippen molar-refractivity contribution in [1.82, 2.24) is 20.4 Å². The molecule has 2 atom stereocenters. The van der Waals surface area contributed by atoms with Crippen molar-refractivity contribution in [1.29, 1.82) is 10.5 Å². The van der Waals surface area contributed by atoms with Crippen LogP contribution in [0.15, 0.2) is 0 Å². The summed E-state index contributed by atoms with van der Waals surface area (Å²) in [5.74, 6) is 0.0418. The van der Waals surface area contributed by atoms with E-state index in [1.807, 2.05) is 0 Å². The van der Waals surface area contributed by atoms with Gasteiger partial charge in [0.1, 0.15) is 12.1 Å². The van der Waals surface area contributed by atoms with Crippen molar-refractivity contribution in [3.63, 3.8) is 0 Å². The number of hydrogen-bond donors (Lipinski definition) is 2. The van der Waals surface area contributed by atoms with Gasteiger partial charge in [-0.2, -0.15) is 10.5 Å². The van der Waals surface area contributed by atoms with Crippen LogP contribution in [-0.4, -0.2) is 72.0 Å². The lowest BCUT2D eigenvalue weighted by atomic mass is 9.91. The van der Waals surface area contributed by atoms with Crippen LogP contribution in [-0.2, 0) is 9.59 Å². The zero-order valence-electron chi connectivity index (χ0n) is 17.2. The van der Waals surface area contributed by atoms with Crippen LogP contribution in [0.2, 0.25) is 0 Å². The molecule has 0 unspecified atom stereocenters. The first-order valence-electron chi connectivity index (χ1n) is 10.5. The summed E-state index contributed by atoms with van der Waals surface area (Å²) >= 11 is 0. The lowest BCUT2D eigenvalue weighted by Crippen LogP contribution is -2.47. The number of hydrogen-bond acceptors (Lipinski definition) is 6. The van der Waals surface area contributed by atoms with Gasteiger partial charge >= 0.3 is 0 Å². The summed E-state index contributed by atoms with van der Waals surface area (Å²) in [7, 11) is 0. The van der Waals surface area contributed by atoms with E-state index in [0.29, 0.717) is 38.3 Å². The molecule has 1 aliphatic carbocycles. The fourth-order valence-electron chi connectivity index (χ4n) is 4.57. The monoisotopic (exact) mass is 458 g/mol. The van der Waals surface area contributed by atoms with Crippen molar-refractivity contribution >= 4 is 36.6 Å². The molecule has 3 aliphatic rings. The number of nitrogens with zero attached hydrogens (tertiary/aromatic N) is 4. The van der Waals surface area contributed by atoms with E-state index in [2.05, 4.69) is 22.8 Å². The number of carbonyl (C=O) groups is 2. The highest BCUT2D eigenvalue weighted by molar-refractivity contribution is 5.85. The molecule has 2 N–H and O–H groups in total. The molecular weight excluding hydrogens is 427 g/mol. The molecule has 2 amide bonds. The summed E-state index contributed by atoms with van der Waals surface area (Å²) < 4.78 is 0. The standard InChI is InChI=1S/C20H30N6O2.2ClH/c21-11-17-3-1-9-25(17)19(27)13-23-15-5-7-16(8-6-15)24-14-20(28)26-10-2-4-18(26)12-22;;/h15-18,23-24H,1-10,13-14H2;2*1H/t15?,16?,17-,18-;;/m0../s1. The smallest absolute Gasteiger partial charge is 0.237 e. The van der Waals surface area contributed by atoms with E-state index >= 15 is 0 Å². The van der Waals surface area contributed by atoms with E-state index in [-0.39, 0.29) is 48.7 Å². The summed E-state index contributed by atoms with van der Waals surface area (Å²) in [4.78, 5) is 28.0. The van der Waals surface area contributed by atoms with Gasteiger partial charge in [-0.1, -0.05) is 0 Å². The van der Waals surface area contributed by atoms with Gasteiger partial charge in [0, 0.05) is 25.2 Å². The van der Waals surface area contributed by atoms with Gasteiger partial charge in [0.25, 0.3) is 0 Å². The molecule has 3 rings (SSSR count). The fourth-order valence-corrected chi connectivity index (χ4v) is 4.57. The van der Waals surface area contributed by atoms with Crippen molar-refractivity contribution in [2.24, 2.45) is 0 Å². The van der Waals surface area contributed by atoms with Gasteiger partial charge in [0.05, 0.1) is 25.2 Å². The van der Waals surface area contributed by atoms with Gasteiger partial charge < -0.3 is 20.4 Å². The second-order valence-corrected chi connectivity index (χ2v) is 8.06. The lowest BCUT2D eigenvalue weighted by Gasteiger charge is -2.31. The van der Waals surface area contributed by atoms with Gasteiger partial charge in [-0.25, -0.2) is 0 Å². The molecule has 0 spiro atoms. The molecule has 2 aliphatic heterocycles. The highest BCUT2D eigenvalue weighted by atomic mass is 35.5. The Labute approximate surface area is 191 Å². The molecule has 0 radical (unpaired) electrons. The van der Waals surface area contributed by atoms with E-state index < -0.39 is 0 Å². The highest BCUT2D eigenvalue weighted by Crippen LogP contribution is 2.20. The average Bonchev–Trinajstić information content (AvgIpc) is 3.39. The van der Waals surface area contributed by atoms with Gasteiger partial charge in [0.2, 0.25) is 11.8 Å². The first kappa shape index (κ1) is 26.5. The van der Waals surface area contributed by atoms with Crippen LogP contribution < -0.4 is 10.6 Å². The third-order valence-corrected chi connectivity index (χ3v) is 6.26. The Kier molecular flexibility index (Phi) is 11.4. The zero-order chi connectivity index (χ0) is 19.9. The Morgan fingerprint density at radius 1 is 0.733 bits per heavy atom. The van der Waals surface area contributed by atoms with Crippen molar-refractivity contribution in [3.05, 3.63) is 0 Å². The first-order chi connectivity index (χ1) is 13.6. The molecule has 0 aromatic heterocycles. The quantitative estimate of drug-likeness (QED) is 0.620. The number of rotatable bonds is 6. The Bertz CT molecular complexity index is 601. The van der Waals surface area contributed by atoms with Crippen molar-refractivity contribution in [2.45, 2.75) is 75.5 Å². The molecule has 3 fully saturated rings. The van der Waals surface area contributed by atoms with Crippen LogP contribution in [0.5, 0.6) is 0 Å². The normalized spacial score (nSPS) is 28.1. The fraction of sp³-hybridized carbons (Fsp3) is 0.800. The number of likely N-dealkylation sites (tertiary alicyclic amines) is 2. The molecule has 2 saturated heterocycles. The molecule has 1 saturated carbocycles. The first-order valence-corrected chi connectivity index (χ1v) is 10.5. The molecule has 8 nitrogen and oxygen atoms in total. The highest BCUT2D eigenvalue weighted by Gasteiger charge is 2.30. The number of halogens is 2. The van der Waals surface area contributed by atoms with Crippen LogP contribution in [0.4, 0.5) is 0 Å². The van der Waals surface area contributed by atoms with Gasteiger partial charge in [0.15, 0.2) is 0 Å². The van der Waals surface area contributed by atoms with Gasteiger partial charge in [-0.05, 0) is 51.4 Å². The average molecular weight is 459 g/mol. The van der Waals surface area contributed by atoms with Crippen LogP contribution in [0.3, 0.4) is 0 Å². The van der Waals surface area contributed by atoms with Crippen molar-refractivity contribution in [2.75, 3.05) is 26.2 Å².